The molecule has 1 fully saturated rings. The van der Waals surface area contributed by atoms with Gasteiger partial charge >= 0.3 is 0 Å². The highest BCUT2D eigenvalue weighted by molar-refractivity contribution is 5.94. The molecular formula is C20H24F2N6O. The van der Waals surface area contributed by atoms with Crippen LogP contribution in [0.25, 0.3) is 0 Å². The van der Waals surface area contributed by atoms with Crippen LogP contribution in [-0.4, -0.2) is 48.9 Å². The molecule has 1 aromatic heterocycles. The van der Waals surface area contributed by atoms with Crippen LogP contribution >= 0.6 is 0 Å². The second kappa shape index (κ2) is 7.82. The number of aromatic nitrogens is 1. The molecule has 2 aromatic rings. The zero-order chi connectivity index (χ0) is 20.5. The van der Waals surface area contributed by atoms with Crippen molar-refractivity contribution in [3.63, 3.8) is 0 Å². The topological polar surface area (TPSA) is 73.7 Å². The number of aliphatic imine (C=N–C) groups is 1. The molecule has 2 aliphatic heterocycles. The van der Waals surface area contributed by atoms with Gasteiger partial charge in [-0.05, 0) is 44.1 Å². The number of nitrogens with one attached hydrogen (secondary N) is 3. The molecule has 0 spiro atoms. The van der Waals surface area contributed by atoms with Crippen molar-refractivity contribution in [3.8, 4) is 0 Å². The maximum Gasteiger partial charge on any atom is 0.253 e. The van der Waals surface area contributed by atoms with E-state index in [1.807, 2.05) is 4.57 Å². The average molecular weight is 402 g/mol. The average Bonchev–Trinajstić information content (AvgIpc) is 3.07. The van der Waals surface area contributed by atoms with Crippen LogP contribution in [0.5, 0.6) is 0 Å². The lowest BCUT2D eigenvalue weighted by atomic mass is 10.1. The van der Waals surface area contributed by atoms with Gasteiger partial charge in [0.15, 0.2) is 6.17 Å². The minimum atomic E-state index is -0.765. The van der Waals surface area contributed by atoms with Crippen LogP contribution in [0, 0.1) is 11.6 Å². The van der Waals surface area contributed by atoms with Crippen LogP contribution in [0.3, 0.4) is 0 Å². The molecule has 2 aliphatic rings. The van der Waals surface area contributed by atoms with Gasteiger partial charge in [-0.25, -0.2) is 13.8 Å². The van der Waals surface area contributed by atoms with Crippen LogP contribution in [0.1, 0.15) is 41.0 Å². The molecule has 0 radical (unpaired) electrons. The number of amides is 1. The Labute approximate surface area is 167 Å². The maximum absolute atomic E-state index is 14.8. The minimum absolute atomic E-state index is 0.157. The van der Waals surface area contributed by atoms with Crippen molar-refractivity contribution in [1.29, 1.82) is 0 Å². The van der Waals surface area contributed by atoms with E-state index in [1.165, 1.54) is 35.6 Å². The molecule has 0 bridgehead atoms. The van der Waals surface area contributed by atoms with Gasteiger partial charge in [0.1, 0.15) is 17.5 Å². The first-order chi connectivity index (χ1) is 14.0. The second-order valence-electron chi connectivity index (χ2n) is 7.49. The third-order valence-electron chi connectivity index (χ3n) is 5.34. The minimum Gasteiger partial charge on any atom is -0.357 e. The van der Waals surface area contributed by atoms with Crippen molar-refractivity contribution in [1.82, 2.24) is 14.8 Å². The lowest BCUT2D eigenvalue weighted by molar-refractivity contribution is 0.0827. The summed E-state index contributed by atoms with van der Waals surface area (Å²) in [6.45, 7) is 1.77. The Morgan fingerprint density at radius 2 is 2.00 bits per heavy atom. The zero-order valence-corrected chi connectivity index (χ0v) is 16.4. The summed E-state index contributed by atoms with van der Waals surface area (Å²) in [5.74, 6) is -0.629. The third-order valence-corrected chi connectivity index (χ3v) is 5.34. The van der Waals surface area contributed by atoms with Gasteiger partial charge in [-0.1, -0.05) is 0 Å². The molecule has 1 aromatic carbocycles. The van der Waals surface area contributed by atoms with E-state index < -0.39 is 12.0 Å². The van der Waals surface area contributed by atoms with E-state index in [9.17, 15) is 13.6 Å². The van der Waals surface area contributed by atoms with Gasteiger partial charge in [0.2, 0.25) is 0 Å². The third kappa shape index (κ3) is 3.69. The molecule has 4 rings (SSSR count). The molecule has 154 valence electrons. The molecule has 0 saturated carbocycles. The lowest BCUT2D eigenvalue weighted by Crippen LogP contribution is -2.30. The molecular weight excluding hydrogens is 378 g/mol. The highest BCUT2D eigenvalue weighted by Crippen LogP contribution is 2.37. The molecule has 0 aliphatic carbocycles. The van der Waals surface area contributed by atoms with E-state index in [-0.39, 0.29) is 29.0 Å². The molecule has 29 heavy (non-hydrogen) atoms. The summed E-state index contributed by atoms with van der Waals surface area (Å²) in [5, 5.41) is 9.30. The van der Waals surface area contributed by atoms with Gasteiger partial charge < -0.3 is 25.4 Å². The number of fused-ring (bicyclic) bond motifs is 1. The quantitative estimate of drug-likeness (QED) is 0.735. The summed E-state index contributed by atoms with van der Waals surface area (Å²) in [4.78, 5) is 17.6. The molecule has 7 nitrogen and oxygen atoms in total. The van der Waals surface area contributed by atoms with Crippen molar-refractivity contribution in [2.24, 2.45) is 4.99 Å². The smallest absolute Gasteiger partial charge is 0.253 e. The number of benzene rings is 1. The number of halogens is 2. The van der Waals surface area contributed by atoms with E-state index in [4.69, 9.17) is 0 Å². The van der Waals surface area contributed by atoms with Gasteiger partial charge in [-0.15, -0.1) is 0 Å². The number of hydrogen-bond acceptors (Lipinski definition) is 5. The van der Waals surface area contributed by atoms with E-state index in [2.05, 4.69) is 20.9 Å². The summed E-state index contributed by atoms with van der Waals surface area (Å²) in [7, 11) is 3.21. The molecule has 1 amide bonds. The Kier molecular flexibility index (Phi) is 5.23. The number of rotatable bonds is 4. The van der Waals surface area contributed by atoms with Crippen LogP contribution in [0.15, 0.2) is 29.4 Å². The van der Waals surface area contributed by atoms with E-state index in [1.54, 1.807) is 14.1 Å². The first-order valence-corrected chi connectivity index (χ1v) is 9.62. The van der Waals surface area contributed by atoms with E-state index >= 15 is 0 Å². The van der Waals surface area contributed by atoms with Gasteiger partial charge in [0.25, 0.3) is 5.91 Å². The molecule has 3 heterocycles. The summed E-state index contributed by atoms with van der Waals surface area (Å²) < 4.78 is 31.3. The monoisotopic (exact) mass is 402 g/mol. The lowest BCUT2D eigenvalue weighted by Gasteiger charge is -2.28. The van der Waals surface area contributed by atoms with Gasteiger partial charge in [-0.2, -0.15) is 0 Å². The van der Waals surface area contributed by atoms with Crippen molar-refractivity contribution < 1.29 is 13.6 Å². The van der Waals surface area contributed by atoms with E-state index in [0.717, 1.165) is 25.9 Å². The summed E-state index contributed by atoms with van der Waals surface area (Å²) in [6, 6.07) is 4.38. The Morgan fingerprint density at radius 1 is 1.24 bits per heavy atom. The highest BCUT2D eigenvalue weighted by atomic mass is 19.1. The number of hydrogen-bond donors (Lipinski definition) is 3. The zero-order valence-electron chi connectivity index (χ0n) is 16.4. The fourth-order valence-corrected chi connectivity index (χ4v) is 3.82. The Hall–Kier alpha value is -2.94. The van der Waals surface area contributed by atoms with Crippen LogP contribution in [0.2, 0.25) is 0 Å². The van der Waals surface area contributed by atoms with Gasteiger partial charge in [0, 0.05) is 31.9 Å². The summed E-state index contributed by atoms with van der Waals surface area (Å²) in [5.41, 5.74) is 0.763. The van der Waals surface area contributed by atoms with Crippen molar-refractivity contribution in [2.45, 2.75) is 25.0 Å². The second-order valence-corrected chi connectivity index (χ2v) is 7.49. The van der Waals surface area contributed by atoms with Crippen molar-refractivity contribution in [2.75, 3.05) is 37.8 Å². The first kappa shape index (κ1) is 19.4. The highest BCUT2D eigenvalue weighted by Gasteiger charge is 2.29. The van der Waals surface area contributed by atoms with Crippen LogP contribution in [0.4, 0.5) is 20.3 Å². The Morgan fingerprint density at radius 3 is 2.69 bits per heavy atom. The standard InChI is InChI=1S/C20H24F2N6O/c1-27(2)20(29)12-3-4-16(14(21)9-12)26-18-17-15(22)10-28(19(17)25-11-24-18)13-5-7-23-8-6-13/h3-4,9-11,13,18,23,26H,5-8H2,1-2H3,(H,24,25). The van der Waals surface area contributed by atoms with E-state index in [0.29, 0.717) is 11.4 Å². The van der Waals surface area contributed by atoms with Crippen LogP contribution < -0.4 is 16.0 Å². The first-order valence-electron chi connectivity index (χ1n) is 9.62. The Balaban J connectivity index is 1.60. The number of nitrogens with zero attached hydrogens (tertiary/aromatic N) is 3. The fourth-order valence-electron chi connectivity index (χ4n) is 3.82. The molecule has 1 unspecified atom stereocenters. The molecule has 1 atom stereocenters. The SMILES string of the molecule is CN(C)C(=O)c1ccc(NC2N=CNc3c2c(F)cn3C2CCNCC2)c(F)c1. The number of piperidine rings is 1. The normalized spacial score (nSPS) is 18.8. The predicted octanol–water partition coefficient (Wildman–Crippen LogP) is 2.96. The number of anilines is 2. The summed E-state index contributed by atoms with van der Waals surface area (Å²) in [6.07, 6.45) is 4.05. The molecule has 3 N–H and O–H groups in total. The van der Waals surface area contributed by atoms with Crippen molar-refractivity contribution in [3.05, 3.63) is 47.2 Å². The number of carbonyl (C=O) groups excluding carboxylic acids is 1. The van der Waals surface area contributed by atoms with Crippen molar-refractivity contribution >= 4 is 23.8 Å². The number of carbonyl (C=O) groups is 1. The van der Waals surface area contributed by atoms with Gasteiger partial charge in [0.05, 0.1) is 17.6 Å². The maximum atomic E-state index is 14.8. The predicted molar refractivity (Wildman–Crippen MR) is 108 cm³/mol. The largest absolute Gasteiger partial charge is 0.357 e. The molecule has 1 saturated heterocycles. The molecule has 9 heteroatoms. The van der Waals surface area contributed by atoms with Gasteiger partial charge in [-0.3, -0.25) is 4.79 Å². The van der Waals surface area contributed by atoms with Crippen LogP contribution in [-0.2, 0) is 0 Å². The Bertz CT molecular complexity index is 949. The fraction of sp³-hybridized carbons (Fsp3) is 0.400. The summed E-state index contributed by atoms with van der Waals surface area (Å²) >= 11 is 0.